The first-order chi connectivity index (χ1) is 19.9. The number of anilines is 1. The number of hydrogen-bond donors (Lipinski definition) is 1. The summed E-state index contributed by atoms with van der Waals surface area (Å²) in [5.74, 6) is -0.369. The summed E-state index contributed by atoms with van der Waals surface area (Å²) in [6.07, 6.45) is 1.23. The molecule has 4 aromatic rings. The van der Waals surface area contributed by atoms with Crippen molar-refractivity contribution in [3.8, 4) is 5.75 Å². The lowest BCUT2D eigenvalue weighted by Crippen LogP contribution is -2.41. The van der Waals surface area contributed by atoms with Gasteiger partial charge in [0.1, 0.15) is 16.3 Å². The van der Waals surface area contributed by atoms with Gasteiger partial charge in [-0.1, -0.05) is 70.9 Å². The van der Waals surface area contributed by atoms with Crippen molar-refractivity contribution in [1.82, 2.24) is 4.57 Å². The number of esters is 1. The highest BCUT2D eigenvalue weighted by molar-refractivity contribution is 9.10. The van der Waals surface area contributed by atoms with Gasteiger partial charge in [0, 0.05) is 21.3 Å². The Labute approximate surface area is 247 Å². The molecule has 0 fully saturated rings. The van der Waals surface area contributed by atoms with Crippen LogP contribution in [0.15, 0.2) is 80.1 Å². The van der Waals surface area contributed by atoms with E-state index in [2.05, 4.69) is 21.2 Å². The summed E-state index contributed by atoms with van der Waals surface area (Å²) in [6.45, 7) is 3.92. The molecule has 0 unspecified atom stereocenters. The Hall–Kier alpha value is -4.02. The van der Waals surface area contributed by atoms with Crippen molar-refractivity contribution in [2.45, 2.75) is 32.7 Å². The number of hydrogen-bond acceptors (Lipinski definition) is 7. The van der Waals surface area contributed by atoms with Crippen molar-refractivity contribution in [2.24, 2.45) is 4.99 Å². The van der Waals surface area contributed by atoms with Gasteiger partial charge in [-0.3, -0.25) is 14.2 Å². The maximum atomic E-state index is 14.4. The Balaban J connectivity index is 1.76. The van der Waals surface area contributed by atoms with E-state index in [4.69, 9.17) is 14.5 Å². The lowest BCUT2D eigenvalue weighted by Gasteiger charge is -2.28. The van der Waals surface area contributed by atoms with E-state index in [0.717, 1.165) is 33.0 Å². The first-order valence-corrected chi connectivity index (χ1v) is 14.9. The van der Waals surface area contributed by atoms with E-state index in [9.17, 15) is 14.4 Å². The first kappa shape index (κ1) is 27.2. The fourth-order valence-corrected chi connectivity index (χ4v) is 7.02. The number of benzene rings is 3. The molecule has 10 heteroatoms. The van der Waals surface area contributed by atoms with Crippen molar-refractivity contribution >= 4 is 61.2 Å². The van der Waals surface area contributed by atoms with Gasteiger partial charge >= 0.3 is 5.97 Å². The van der Waals surface area contributed by atoms with Crippen molar-refractivity contribution in [3.63, 3.8) is 0 Å². The lowest BCUT2D eigenvalue weighted by atomic mass is 9.90. The Morgan fingerprint density at radius 2 is 1.93 bits per heavy atom. The number of methoxy groups -OCH3 is 1. The number of amides is 1. The van der Waals surface area contributed by atoms with Crippen LogP contribution in [0.3, 0.4) is 0 Å². The third-order valence-electron chi connectivity index (χ3n) is 7.25. The summed E-state index contributed by atoms with van der Waals surface area (Å²) in [5.41, 5.74) is 2.65. The topological polar surface area (TPSA) is 99.0 Å². The maximum Gasteiger partial charge on any atom is 0.338 e. The highest BCUT2D eigenvalue weighted by Crippen LogP contribution is 2.41. The normalized spacial score (nSPS) is 17.2. The minimum absolute atomic E-state index is 0.168. The van der Waals surface area contributed by atoms with E-state index in [0.29, 0.717) is 45.1 Å². The second-order valence-corrected chi connectivity index (χ2v) is 11.5. The Morgan fingerprint density at radius 3 is 2.68 bits per heavy atom. The third kappa shape index (κ3) is 4.42. The zero-order valence-electron chi connectivity index (χ0n) is 22.6. The largest absolute Gasteiger partial charge is 0.496 e. The Kier molecular flexibility index (Phi) is 7.13. The van der Waals surface area contributed by atoms with Gasteiger partial charge in [-0.2, -0.15) is 0 Å². The molecule has 2 aliphatic rings. The Morgan fingerprint density at radius 1 is 1.12 bits per heavy atom. The van der Waals surface area contributed by atoms with Crippen LogP contribution in [-0.2, 0) is 14.3 Å². The summed E-state index contributed by atoms with van der Waals surface area (Å²) in [4.78, 5) is 46.6. The van der Waals surface area contributed by atoms with E-state index in [1.165, 1.54) is 4.57 Å². The van der Waals surface area contributed by atoms with E-state index in [-0.39, 0.29) is 22.6 Å². The number of allylic oxidation sites excluding steroid dienone is 1. The molecule has 1 atom stereocenters. The number of carbonyl (C=O) groups is 2. The molecule has 3 heterocycles. The average Bonchev–Trinajstić information content (AvgIpc) is 3.46. The fourth-order valence-electron chi connectivity index (χ4n) is 5.54. The van der Waals surface area contributed by atoms with E-state index in [1.807, 2.05) is 55.5 Å². The number of aromatic nitrogens is 1. The van der Waals surface area contributed by atoms with Crippen molar-refractivity contribution in [3.05, 3.63) is 101 Å². The molecule has 2 aliphatic heterocycles. The van der Waals surface area contributed by atoms with Gasteiger partial charge in [0.25, 0.3) is 11.5 Å². The van der Waals surface area contributed by atoms with E-state index >= 15 is 0 Å². The second-order valence-electron chi connectivity index (χ2n) is 9.66. The van der Waals surface area contributed by atoms with Crippen molar-refractivity contribution in [2.75, 3.05) is 19.0 Å². The predicted molar refractivity (Wildman–Crippen MR) is 162 cm³/mol. The smallest absolute Gasteiger partial charge is 0.338 e. The first-order valence-electron chi connectivity index (χ1n) is 13.3. The molecular formula is C31H26BrN3O5S. The van der Waals surface area contributed by atoms with Gasteiger partial charge in [0.05, 0.1) is 30.6 Å². The van der Waals surface area contributed by atoms with Crippen molar-refractivity contribution in [1.29, 1.82) is 0 Å². The molecule has 0 radical (unpaired) electrons. The average molecular weight is 633 g/mol. The van der Waals surface area contributed by atoms with E-state index in [1.54, 1.807) is 20.1 Å². The zero-order valence-corrected chi connectivity index (χ0v) is 25.0. The number of carbonyl (C=O) groups excluding carboxylic acids is 2. The minimum Gasteiger partial charge on any atom is -0.496 e. The predicted octanol–water partition coefficient (Wildman–Crippen LogP) is 4.83. The third-order valence-corrected chi connectivity index (χ3v) is 8.79. The highest BCUT2D eigenvalue weighted by atomic mass is 79.9. The van der Waals surface area contributed by atoms with Crippen LogP contribution in [0.2, 0.25) is 0 Å². The molecular weight excluding hydrogens is 606 g/mol. The highest BCUT2D eigenvalue weighted by Gasteiger charge is 2.38. The lowest BCUT2D eigenvalue weighted by molar-refractivity contribution is -0.139. The number of halogens is 1. The number of nitrogens with zero attached hydrogens (tertiary/aromatic N) is 2. The van der Waals surface area contributed by atoms with Crippen LogP contribution in [0.1, 0.15) is 43.9 Å². The molecule has 208 valence electrons. The van der Waals surface area contributed by atoms with Crippen LogP contribution in [0.4, 0.5) is 5.69 Å². The Bertz CT molecular complexity index is 1970. The standard InChI is InChI=1S/C31H26BrN3O5S/c1-4-8-21-25(30(38)40-5-2)26(23-18-10-7-6-9-16(18)11-14-22(23)39-3)35-29(37)27(41-31(35)34-21)24-19-15-17(32)12-13-20(19)33-28(24)36/h6-7,9-15,26H,4-5,8H2,1-3H3,(H,33,36)/b27-24-/t26-/m0/s1. The number of thiazole rings is 1. The number of rotatable bonds is 6. The number of fused-ring (bicyclic) bond motifs is 3. The fraction of sp³-hybridized carbons (Fsp3) is 0.226. The summed E-state index contributed by atoms with van der Waals surface area (Å²) in [5, 5.41) is 4.63. The molecule has 0 saturated carbocycles. The van der Waals surface area contributed by atoms with Gasteiger partial charge in [0.15, 0.2) is 4.80 Å². The van der Waals surface area contributed by atoms with Crippen LogP contribution >= 0.6 is 27.3 Å². The summed E-state index contributed by atoms with van der Waals surface area (Å²) in [7, 11) is 1.57. The quantitative estimate of drug-likeness (QED) is 0.308. The van der Waals surface area contributed by atoms with Crippen LogP contribution in [0.25, 0.3) is 16.3 Å². The maximum absolute atomic E-state index is 14.4. The van der Waals surface area contributed by atoms with Gasteiger partial charge in [0.2, 0.25) is 0 Å². The molecule has 1 amide bonds. The van der Waals surface area contributed by atoms with Crippen LogP contribution < -0.4 is 24.9 Å². The van der Waals surface area contributed by atoms with Gasteiger partial charge < -0.3 is 14.8 Å². The molecule has 0 saturated heterocycles. The van der Waals surface area contributed by atoms with Crippen LogP contribution in [0, 0.1) is 0 Å². The molecule has 6 rings (SSSR count). The monoisotopic (exact) mass is 631 g/mol. The molecule has 41 heavy (non-hydrogen) atoms. The molecule has 1 N–H and O–H groups in total. The van der Waals surface area contributed by atoms with E-state index < -0.39 is 17.6 Å². The second kappa shape index (κ2) is 10.8. The molecule has 1 aromatic heterocycles. The molecule has 0 spiro atoms. The summed E-state index contributed by atoms with van der Waals surface area (Å²) < 4.78 is 13.9. The summed E-state index contributed by atoms with van der Waals surface area (Å²) in [6, 6.07) is 16.1. The van der Waals surface area contributed by atoms with Gasteiger partial charge in [-0.25, -0.2) is 9.79 Å². The molecule has 0 aliphatic carbocycles. The van der Waals surface area contributed by atoms with Gasteiger partial charge in [-0.15, -0.1) is 0 Å². The minimum atomic E-state index is -0.881. The molecule has 8 nitrogen and oxygen atoms in total. The number of nitrogens with one attached hydrogen (secondary N) is 1. The molecule has 3 aromatic carbocycles. The van der Waals surface area contributed by atoms with Crippen LogP contribution in [-0.4, -0.2) is 30.2 Å². The molecule has 0 bridgehead atoms. The van der Waals surface area contributed by atoms with Gasteiger partial charge in [-0.05, 0) is 48.4 Å². The number of ether oxygens (including phenoxy) is 2. The summed E-state index contributed by atoms with van der Waals surface area (Å²) >= 11 is 4.63. The zero-order chi connectivity index (χ0) is 28.8. The van der Waals surface area contributed by atoms with Crippen LogP contribution in [0.5, 0.6) is 5.75 Å². The SMILES string of the molecule is CCCC1=C(C(=O)OCC)[C@H](c2c(OC)ccc3ccccc23)n2c(s/c(=C3\C(=O)Nc4ccc(Br)cc43)c2=O)=N1. The van der Waals surface area contributed by atoms with Crippen molar-refractivity contribution < 1.29 is 19.1 Å².